The molecule has 0 saturated heterocycles. The Kier molecular flexibility index (Phi) is 5.50. The highest BCUT2D eigenvalue weighted by Gasteiger charge is 2.29. The molecule has 0 atom stereocenters. The summed E-state index contributed by atoms with van der Waals surface area (Å²) < 4.78 is 9.22. The van der Waals surface area contributed by atoms with E-state index in [0.29, 0.717) is 18.9 Å². The number of ether oxygens (including phenoxy) is 1. The van der Waals surface area contributed by atoms with Crippen LogP contribution in [0.15, 0.2) is 59.5 Å². The normalized spacial score (nSPS) is 13.7. The number of hydrogen-bond donors (Lipinski definition) is 0. The van der Waals surface area contributed by atoms with Gasteiger partial charge in [0.2, 0.25) is 0 Å². The van der Waals surface area contributed by atoms with Crippen LogP contribution in [-0.2, 0) is 24.8 Å². The third-order valence-corrected chi connectivity index (χ3v) is 6.43. The lowest BCUT2D eigenvalue weighted by molar-refractivity contribution is 0.0223. The summed E-state index contributed by atoms with van der Waals surface area (Å²) in [5, 5.41) is 0.990. The van der Waals surface area contributed by atoms with Gasteiger partial charge >= 0.3 is 6.09 Å². The van der Waals surface area contributed by atoms with Gasteiger partial charge in [0, 0.05) is 48.9 Å². The first-order chi connectivity index (χ1) is 16.6. The Morgan fingerprint density at radius 1 is 1.03 bits per heavy atom. The van der Waals surface area contributed by atoms with Crippen LogP contribution in [0.3, 0.4) is 0 Å². The minimum absolute atomic E-state index is 0.134. The number of aryl methyl sites for hydroxylation is 2. The molecule has 1 aromatic carbocycles. The molecule has 0 spiro atoms. The van der Waals surface area contributed by atoms with Crippen molar-refractivity contribution in [3.63, 3.8) is 0 Å². The Morgan fingerprint density at radius 3 is 2.46 bits per heavy atom. The van der Waals surface area contributed by atoms with Crippen molar-refractivity contribution in [2.75, 3.05) is 6.54 Å². The molecule has 4 aromatic rings. The van der Waals surface area contributed by atoms with Crippen LogP contribution >= 0.6 is 0 Å². The summed E-state index contributed by atoms with van der Waals surface area (Å²) in [6.07, 6.45) is 2.20. The van der Waals surface area contributed by atoms with Gasteiger partial charge in [-0.25, -0.2) is 9.78 Å². The Hall–Kier alpha value is -3.87. The SMILES string of the molecule is Cc1ccc(-c2ccn(-c3ccc4c5c(n(C)c4n3)CCN(C(=O)OC(C)(C)C)C5)c(=O)c2)cc1. The number of hydrogen-bond acceptors (Lipinski definition) is 4. The lowest BCUT2D eigenvalue weighted by Gasteiger charge is -2.30. The van der Waals surface area contributed by atoms with E-state index >= 15 is 0 Å². The van der Waals surface area contributed by atoms with E-state index in [-0.39, 0.29) is 11.7 Å². The standard InChI is InChI=1S/C28H30N4O3/c1-18-6-8-19(9-7-18)20-12-15-32(25(33)16-20)24-11-10-21-22-17-31(27(34)35-28(2,3)4)14-13-23(22)30(5)26(21)29-24/h6-12,15-16H,13-14,17H2,1-5H3. The number of nitrogens with zero attached hydrogens (tertiary/aromatic N) is 4. The molecule has 0 aliphatic carbocycles. The number of carbonyl (C=O) groups excluding carboxylic acids is 1. The van der Waals surface area contributed by atoms with E-state index in [1.165, 1.54) is 5.56 Å². The lowest BCUT2D eigenvalue weighted by atomic mass is 10.1. The summed E-state index contributed by atoms with van der Waals surface area (Å²) in [4.78, 5) is 32.2. The first-order valence-electron chi connectivity index (χ1n) is 11.9. The zero-order valence-corrected chi connectivity index (χ0v) is 20.8. The van der Waals surface area contributed by atoms with Crippen LogP contribution in [0.2, 0.25) is 0 Å². The number of pyridine rings is 2. The van der Waals surface area contributed by atoms with Gasteiger partial charge in [0.1, 0.15) is 17.1 Å². The quantitative estimate of drug-likeness (QED) is 0.414. The topological polar surface area (TPSA) is 69.4 Å². The molecular formula is C28H30N4O3. The van der Waals surface area contributed by atoms with Gasteiger partial charge in [0.25, 0.3) is 5.56 Å². The fourth-order valence-electron chi connectivity index (χ4n) is 4.63. The predicted octanol–water partition coefficient (Wildman–Crippen LogP) is 4.99. The third-order valence-electron chi connectivity index (χ3n) is 6.43. The Bertz CT molecular complexity index is 1490. The van der Waals surface area contributed by atoms with Crippen molar-refractivity contribution in [3.8, 4) is 16.9 Å². The Labute approximate surface area is 204 Å². The zero-order chi connectivity index (χ0) is 24.9. The van der Waals surface area contributed by atoms with Gasteiger partial charge in [0.05, 0.1) is 6.54 Å². The lowest BCUT2D eigenvalue weighted by Crippen LogP contribution is -2.40. The number of aromatic nitrogens is 3. The van der Waals surface area contributed by atoms with Crippen molar-refractivity contribution >= 4 is 17.1 Å². The smallest absolute Gasteiger partial charge is 0.410 e. The van der Waals surface area contributed by atoms with Gasteiger partial charge in [-0.3, -0.25) is 9.36 Å². The van der Waals surface area contributed by atoms with E-state index in [1.807, 2.05) is 77.2 Å². The van der Waals surface area contributed by atoms with Crippen molar-refractivity contribution in [3.05, 3.63) is 81.9 Å². The van der Waals surface area contributed by atoms with E-state index in [2.05, 4.69) is 4.57 Å². The first kappa shape index (κ1) is 22.9. The van der Waals surface area contributed by atoms with Crippen LogP contribution in [0.1, 0.15) is 37.6 Å². The molecule has 0 N–H and O–H groups in total. The van der Waals surface area contributed by atoms with Gasteiger partial charge < -0.3 is 14.2 Å². The van der Waals surface area contributed by atoms with Crippen molar-refractivity contribution < 1.29 is 9.53 Å². The van der Waals surface area contributed by atoms with Crippen molar-refractivity contribution in [2.24, 2.45) is 7.05 Å². The molecule has 0 radical (unpaired) electrons. The maximum absolute atomic E-state index is 13.0. The number of fused-ring (bicyclic) bond motifs is 3. The van der Waals surface area contributed by atoms with E-state index in [9.17, 15) is 9.59 Å². The van der Waals surface area contributed by atoms with Crippen LogP contribution in [0.25, 0.3) is 28.0 Å². The summed E-state index contributed by atoms with van der Waals surface area (Å²) in [7, 11) is 1.99. The van der Waals surface area contributed by atoms with Crippen LogP contribution in [0, 0.1) is 6.92 Å². The minimum Gasteiger partial charge on any atom is -0.444 e. The van der Waals surface area contributed by atoms with Gasteiger partial charge in [-0.1, -0.05) is 29.8 Å². The Balaban J connectivity index is 1.48. The second kappa shape index (κ2) is 8.41. The molecule has 1 aliphatic heterocycles. The van der Waals surface area contributed by atoms with E-state index < -0.39 is 5.60 Å². The van der Waals surface area contributed by atoms with E-state index in [1.54, 1.807) is 21.7 Å². The highest BCUT2D eigenvalue weighted by atomic mass is 16.6. The summed E-state index contributed by atoms with van der Waals surface area (Å²) in [5.41, 5.74) is 5.44. The summed E-state index contributed by atoms with van der Waals surface area (Å²) in [6, 6.07) is 15.6. The second-order valence-electron chi connectivity index (χ2n) is 10.2. The number of benzene rings is 1. The maximum atomic E-state index is 13.0. The summed E-state index contributed by atoms with van der Waals surface area (Å²) in [6.45, 7) is 8.74. The van der Waals surface area contributed by atoms with E-state index in [4.69, 9.17) is 9.72 Å². The monoisotopic (exact) mass is 470 g/mol. The Morgan fingerprint density at radius 2 is 1.77 bits per heavy atom. The highest BCUT2D eigenvalue weighted by molar-refractivity contribution is 5.84. The van der Waals surface area contributed by atoms with Crippen LogP contribution in [0.4, 0.5) is 4.79 Å². The van der Waals surface area contributed by atoms with Crippen LogP contribution in [0.5, 0.6) is 0 Å². The van der Waals surface area contributed by atoms with Crippen molar-refractivity contribution in [2.45, 2.75) is 46.3 Å². The largest absolute Gasteiger partial charge is 0.444 e. The van der Waals surface area contributed by atoms with Gasteiger partial charge in [-0.15, -0.1) is 0 Å². The fourth-order valence-corrected chi connectivity index (χ4v) is 4.63. The second-order valence-corrected chi connectivity index (χ2v) is 10.2. The predicted molar refractivity (Wildman–Crippen MR) is 137 cm³/mol. The molecule has 7 heteroatoms. The van der Waals surface area contributed by atoms with Gasteiger partial charge in [-0.2, -0.15) is 0 Å². The molecule has 3 aromatic heterocycles. The van der Waals surface area contributed by atoms with E-state index in [0.717, 1.165) is 39.8 Å². The average Bonchev–Trinajstić information content (AvgIpc) is 3.09. The van der Waals surface area contributed by atoms with Crippen LogP contribution < -0.4 is 5.56 Å². The molecule has 0 saturated carbocycles. The van der Waals surface area contributed by atoms with Crippen molar-refractivity contribution in [1.82, 2.24) is 19.0 Å². The number of amides is 1. The molecule has 180 valence electrons. The fraction of sp³-hybridized carbons (Fsp3) is 0.321. The average molecular weight is 471 g/mol. The number of rotatable bonds is 2. The molecule has 4 heterocycles. The molecular weight excluding hydrogens is 440 g/mol. The molecule has 5 rings (SSSR count). The number of carbonyl (C=O) groups is 1. The first-order valence-corrected chi connectivity index (χ1v) is 11.9. The molecule has 0 fully saturated rings. The molecule has 1 aliphatic rings. The zero-order valence-electron chi connectivity index (χ0n) is 20.8. The minimum atomic E-state index is -0.533. The third kappa shape index (κ3) is 4.34. The summed E-state index contributed by atoms with van der Waals surface area (Å²) >= 11 is 0. The maximum Gasteiger partial charge on any atom is 0.410 e. The molecule has 1 amide bonds. The summed E-state index contributed by atoms with van der Waals surface area (Å²) in [5.74, 6) is 0.569. The van der Waals surface area contributed by atoms with Crippen molar-refractivity contribution in [1.29, 1.82) is 0 Å². The molecule has 0 bridgehead atoms. The highest BCUT2D eigenvalue weighted by Crippen LogP contribution is 2.30. The molecule has 35 heavy (non-hydrogen) atoms. The van der Waals surface area contributed by atoms with Gasteiger partial charge in [0.15, 0.2) is 0 Å². The molecule has 7 nitrogen and oxygen atoms in total. The van der Waals surface area contributed by atoms with Gasteiger partial charge in [-0.05, 0) is 57.0 Å². The molecule has 0 unspecified atom stereocenters. The van der Waals surface area contributed by atoms with Crippen LogP contribution in [-0.4, -0.2) is 37.3 Å².